The summed E-state index contributed by atoms with van der Waals surface area (Å²) in [4.78, 5) is 24.8. The normalized spacial score (nSPS) is 12.3. The fourth-order valence-electron chi connectivity index (χ4n) is 2.98. The van der Waals surface area contributed by atoms with Crippen molar-refractivity contribution in [3.63, 3.8) is 0 Å². The summed E-state index contributed by atoms with van der Waals surface area (Å²) < 4.78 is 0. The van der Waals surface area contributed by atoms with Gasteiger partial charge in [0.1, 0.15) is 0 Å². The average Bonchev–Trinajstić information content (AvgIpc) is 2.67. The second-order valence-corrected chi connectivity index (χ2v) is 6.77. The minimum atomic E-state index is -0.192. The van der Waals surface area contributed by atoms with E-state index in [1.165, 1.54) is 5.39 Å². The Bertz CT molecular complexity index is 900. The van der Waals surface area contributed by atoms with Gasteiger partial charge in [-0.25, -0.2) is 9.97 Å². The molecule has 1 heterocycles. The van der Waals surface area contributed by atoms with E-state index in [1.807, 2.05) is 55.5 Å². The fourth-order valence-corrected chi connectivity index (χ4v) is 2.98. The third kappa shape index (κ3) is 3.73. The zero-order valence-electron chi connectivity index (χ0n) is 15.7. The van der Waals surface area contributed by atoms with Gasteiger partial charge in [-0.3, -0.25) is 9.69 Å². The lowest BCUT2D eigenvalue weighted by atomic mass is 10.0. The van der Waals surface area contributed by atoms with Crippen LogP contribution in [0.25, 0.3) is 22.2 Å². The van der Waals surface area contributed by atoms with Crippen molar-refractivity contribution in [2.75, 3.05) is 21.1 Å². The highest BCUT2D eigenvalue weighted by atomic mass is 16.2. The monoisotopic (exact) mass is 348 g/mol. The van der Waals surface area contributed by atoms with E-state index in [0.29, 0.717) is 12.4 Å². The summed E-state index contributed by atoms with van der Waals surface area (Å²) in [6.07, 6.45) is 3.68. The van der Waals surface area contributed by atoms with E-state index in [4.69, 9.17) is 0 Å². The molecule has 0 spiro atoms. The van der Waals surface area contributed by atoms with Crippen LogP contribution in [0.2, 0.25) is 0 Å². The van der Waals surface area contributed by atoms with Crippen molar-refractivity contribution in [1.82, 2.24) is 19.8 Å². The van der Waals surface area contributed by atoms with Crippen LogP contribution in [-0.4, -0.2) is 52.9 Å². The van der Waals surface area contributed by atoms with Crippen LogP contribution in [0.5, 0.6) is 0 Å². The van der Waals surface area contributed by atoms with Crippen LogP contribution in [0.4, 0.5) is 0 Å². The van der Waals surface area contributed by atoms with Crippen LogP contribution in [0.15, 0.2) is 54.9 Å². The van der Waals surface area contributed by atoms with E-state index >= 15 is 0 Å². The predicted molar refractivity (Wildman–Crippen MR) is 105 cm³/mol. The highest BCUT2D eigenvalue weighted by Gasteiger charge is 2.19. The maximum atomic E-state index is 12.1. The molecule has 1 amide bonds. The highest BCUT2D eigenvalue weighted by molar-refractivity contribution is 5.94. The molecule has 0 N–H and O–H groups in total. The van der Waals surface area contributed by atoms with Crippen molar-refractivity contribution in [2.45, 2.75) is 19.5 Å². The summed E-state index contributed by atoms with van der Waals surface area (Å²) in [5, 5.41) is 2.32. The van der Waals surface area contributed by atoms with Crippen molar-refractivity contribution in [1.29, 1.82) is 0 Å². The molecule has 0 radical (unpaired) electrons. The third-order valence-corrected chi connectivity index (χ3v) is 4.63. The summed E-state index contributed by atoms with van der Waals surface area (Å²) >= 11 is 0. The molecule has 1 atom stereocenters. The number of hydrogen-bond acceptors (Lipinski definition) is 4. The maximum absolute atomic E-state index is 12.1. The van der Waals surface area contributed by atoms with E-state index in [2.05, 4.69) is 28.2 Å². The van der Waals surface area contributed by atoms with Crippen molar-refractivity contribution < 1.29 is 4.79 Å². The van der Waals surface area contributed by atoms with Crippen LogP contribution in [0.3, 0.4) is 0 Å². The van der Waals surface area contributed by atoms with Gasteiger partial charge in [0.2, 0.25) is 5.91 Å². The number of fused-ring (bicyclic) bond motifs is 1. The molecule has 1 aromatic heterocycles. The second-order valence-electron chi connectivity index (χ2n) is 6.77. The van der Waals surface area contributed by atoms with Gasteiger partial charge < -0.3 is 4.90 Å². The lowest BCUT2D eigenvalue weighted by Gasteiger charge is -2.26. The van der Waals surface area contributed by atoms with Gasteiger partial charge in [0.25, 0.3) is 0 Å². The molecule has 0 aliphatic heterocycles. The lowest BCUT2D eigenvalue weighted by molar-refractivity contribution is -0.133. The quantitative estimate of drug-likeness (QED) is 0.710. The van der Waals surface area contributed by atoms with Gasteiger partial charge in [-0.15, -0.1) is 0 Å². The van der Waals surface area contributed by atoms with Crippen LogP contribution in [0.1, 0.15) is 12.5 Å². The highest BCUT2D eigenvalue weighted by Crippen LogP contribution is 2.25. The molecule has 0 saturated heterocycles. The van der Waals surface area contributed by atoms with Gasteiger partial charge in [0.05, 0.1) is 6.04 Å². The molecule has 2 aromatic carbocycles. The molecule has 0 bridgehead atoms. The summed E-state index contributed by atoms with van der Waals surface area (Å²) in [5.74, 6) is 0.798. The molecule has 5 heteroatoms. The van der Waals surface area contributed by atoms with Gasteiger partial charge in [0, 0.05) is 44.2 Å². The number of carbonyl (C=O) groups is 1. The number of amides is 1. The molecule has 3 rings (SSSR count). The first-order valence-electron chi connectivity index (χ1n) is 8.68. The van der Waals surface area contributed by atoms with Crippen LogP contribution in [-0.2, 0) is 11.3 Å². The summed E-state index contributed by atoms with van der Waals surface area (Å²) in [5.41, 5.74) is 2.01. The van der Waals surface area contributed by atoms with E-state index in [1.54, 1.807) is 19.0 Å². The zero-order chi connectivity index (χ0) is 18.7. The molecule has 5 nitrogen and oxygen atoms in total. The molecule has 0 aliphatic rings. The van der Waals surface area contributed by atoms with Gasteiger partial charge >= 0.3 is 0 Å². The van der Waals surface area contributed by atoms with Crippen LogP contribution >= 0.6 is 0 Å². The number of likely N-dealkylation sites (N-methyl/N-ethyl adjacent to an activating group) is 2. The summed E-state index contributed by atoms with van der Waals surface area (Å²) in [7, 11) is 5.48. The molecule has 0 saturated carbocycles. The largest absolute Gasteiger partial charge is 0.347 e. The zero-order valence-corrected chi connectivity index (χ0v) is 15.7. The van der Waals surface area contributed by atoms with E-state index in [0.717, 1.165) is 16.5 Å². The first-order chi connectivity index (χ1) is 12.5. The minimum Gasteiger partial charge on any atom is -0.347 e. The van der Waals surface area contributed by atoms with Gasteiger partial charge in [0.15, 0.2) is 5.82 Å². The van der Waals surface area contributed by atoms with Crippen LogP contribution < -0.4 is 0 Å². The topological polar surface area (TPSA) is 49.3 Å². The minimum absolute atomic E-state index is 0.0841. The van der Waals surface area contributed by atoms with E-state index < -0.39 is 0 Å². The van der Waals surface area contributed by atoms with E-state index in [9.17, 15) is 4.79 Å². The molecule has 26 heavy (non-hydrogen) atoms. The lowest BCUT2D eigenvalue weighted by Crippen LogP contribution is -2.42. The Morgan fingerprint density at radius 1 is 1.00 bits per heavy atom. The molecular formula is C21H24N4O. The number of rotatable bonds is 5. The van der Waals surface area contributed by atoms with Crippen molar-refractivity contribution in [3.8, 4) is 11.4 Å². The second kappa shape index (κ2) is 7.62. The average molecular weight is 348 g/mol. The van der Waals surface area contributed by atoms with Crippen molar-refractivity contribution >= 4 is 16.7 Å². The van der Waals surface area contributed by atoms with Gasteiger partial charge in [-0.2, -0.15) is 0 Å². The molecular weight excluding hydrogens is 324 g/mol. The first kappa shape index (κ1) is 18.0. The number of carbonyl (C=O) groups excluding carboxylic acids is 1. The molecule has 0 unspecified atom stereocenters. The van der Waals surface area contributed by atoms with Gasteiger partial charge in [-0.05, 0) is 24.7 Å². The Kier molecular flexibility index (Phi) is 5.28. The molecule has 0 aliphatic carbocycles. The van der Waals surface area contributed by atoms with Crippen LogP contribution in [0, 0.1) is 0 Å². The Balaban J connectivity index is 1.79. The van der Waals surface area contributed by atoms with E-state index in [-0.39, 0.29) is 11.9 Å². The fraction of sp³-hybridized carbons (Fsp3) is 0.286. The molecule has 3 aromatic rings. The SMILES string of the molecule is C[C@H](C(=O)N(C)C)N(C)Cc1cnc(-c2cccc3ccccc23)nc1. The Morgan fingerprint density at radius 2 is 1.65 bits per heavy atom. The number of benzene rings is 2. The smallest absolute Gasteiger partial charge is 0.239 e. The standard InChI is InChI=1S/C21H24N4O/c1-15(21(26)24(2)3)25(4)14-16-12-22-20(23-13-16)19-11-7-9-17-8-5-6-10-18(17)19/h5-13,15H,14H2,1-4H3/t15-/m1/s1. The first-order valence-corrected chi connectivity index (χ1v) is 8.68. The predicted octanol–water partition coefficient (Wildman–Crippen LogP) is 3.21. The Hall–Kier alpha value is -2.79. The maximum Gasteiger partial charge on any atom is 0.239 e. The number of hydrogen-bond donors (Lipinski definition) is 0. The Labute approximate surface area is 154 Å². The third-order valence-electron chi connectivity index (χ3n) is 4.63. The Morgan fingerprint density at radius 3 is 2.35 bits per heavy atom. The van der Waals surface area contributed by atoms with Crippen molar-refractivity contribution in [2.24, 2.45) is 0 Å². The number of nitrogens with zero attached hydrogens (tertiary/aromatic N) is 4. The summed E-state index contributed by atoms with van der Waals surface area (Å²) in [6, 6.07) is 14.2. The number of aromatic nitrogens is 2. The van der Waals surface area contributed by atoms with Gasteiger partial charge in [-0.1, -0.05) is 42.5 Å². The molecule has 134 valence electrons. The summed E-state index contributed by atoms with van der Waals surface area (Å²) in [6.45, 7) is 2.53. The molecule has 0 fully saturated rings. The van der Waals surface area contributed by atoms with Crippen molar-refractivity contribution in [3.05, 3.63) is 60.4 Å².